The molecule has 3 aromatic rings. The number of anilines is 1. The van der Waals surface area contributed by atoms with Crippen molar-refractivity contribution in [2.24, 2.45) is 5.73 Å². The Morgan fingerprint density at radius 2 is 1.97 bits per heavy atom. The molecule has 1 saturated carbocycles. The number of hydrogen-bond acceptors (Lipinski definition) is 9. The molecule has 33 heavy (non-hydrogen) atoms. The minimum atomic E-state index is -0.909. The zero-order valence-electron chi connectivity index (χ0n) is 18.0. The fourth-order valence-electron chi connectivity index (χ4n) is 3.34. The van der Waals surface area contributed by atoms with Crippen LogP contribution in [0.15, 0.2) is 34.1 Å². The second kappa shape index (κ2) is 9.45. The minimum absolute atomic E-state index is 0.0200. The lowest BCUT2D eigenvalue weighted by atomic mass is 10.1. The van der Waals surface area contributed by atoms with Gasteiger partial charge in [-0.1, -0.05) is 11.8 Å². The summed E-state index contributed by atoms with van der Waals surface area (Å²) in [4.78, 5) is 40.8. The number of nitrogens with zero attached hydrogens (tertiary/aromatic N) is 4. The van der Waals surface area contributed by atoms with Crippen LogP contribution in [0.5, 0.6) is 0 Å². The number of carbonyl (C=O) groups is 3. The number of furan rings is 1. The molecule has 3 N–H and O–H groups in total. The number of esters is 1. The van der Waals surface area contributed by atoms with Crippen molar-refractivity contribution in [3.63, 3.8) is 0 Å². The molecule has 3 aromatic heterocycles. The van der Waals surface area contributed by atoms with Crippen molar-refractivity contribution in [1.82, 2.24) is 19.7 Å². The highest BCUT2D eigenvalue weighted by molar-refractivity contribution is 7.99. The van der Waals surface area contributed by atoms with Crippen LogP contribution in [0.4, 0.5) is 5.88 Å². The maximum atomic E-state index is 12.6. The molecule has 4 rings (SSSR count). The van der Waals surface area contributed by atoms with E-state index >= 15 is 0 Å². The Labute approximate surface area is 193 Å². The molecule has 0 aliphatic heterocycles. The largest absolute Gasteiger partial charge is 0.462 e. The van der Waals surface area contributed by atoms with Crippen molar-refractivity contribution in [1.29, 1.82) is 0 Å². The third-order valence-electron chi connectivity index (χ3n) is 4.91. The number of aromatic nitrogens is 4. The van der Waals surface area contributed by atoms with Gasteiger partial charge in [-0.2, -0.15) is 0 Å². The topological polar surface area (TPSA) is 155 Å². The molecule has 11 nitrogen and oxygen atoms in total. The van der Waals surface area contributed by atoms with Crippen LogP contribution in [0.1, 0.15) is 52.3 Å². The number of primary amides is 1. The van der Waals surface area contributed by atoms with Crippen LogP contribution < -0.4 is 11.1 Å². The van der Waals surface area contributed by atoms with Gasteiger partial charge in [-0.3, -0.25) is 24.5 Å². The summed E-state index contributed by atoms with van der Waals surface area (Å²) >= 11 is 1.21. The predicted molar refractivity (Wildman–Crippen MR) is 119 cm³/mol. The van der Waals surface area contributed by atoms with Gasteiger partial charge < -0.3 is 14.9 Å². The summed E-state index contributed by atoms with van der Waals surface area (Å²) in [6, 6.07) is 4.00. The second-order valence-electron chi connectivity index (χ2n) is 7.30. The molecule has 1 aliphatic rings. The van der Waals surface area contributed by atoms with Crippen molar-refractivity contribution < 1.29 is 23.5 Å². The summed E-state index contributed by atoms with van der Waals surface area (Å²) in [5, 5.41) is 11.7. The monoisotopic (exact) mass is 470 g/mol. The summed E-state index contributed by atoms with van der Waals surface area (Å²) in [6.45, 7) is 3.24. The van der Waals surface area contributed by atoms with Crippen LogP contribution in [-0.2, 0) is 9.53 Å². The first-order valence-electron chi connectivity index (χ1n) is 10.3. The van der Waals surface area contributed by atoms with E-state index in [0.29, 0.717) is 5.16 Å². The molecule has 172 valence electrons. The van der Waals surface area contributed by atoms with Gasteiger partial charge >= 0.3 is 5.97 Å². The molecule has 0 radical (unpaired) electrons. The van der Waals surface area contributed by atoms with Gasteiger partial charge in [0.05, 0.1) is 12.4 Å². The predicted octanol–water partition coefficient (Wildman–Crippen LogP) is 2.58. The molecule has 3 heterocycles. The number of rotatable bonds is 9. The van der Waals surface area contributed by atoms with Crippen molar-refractivity contribution in [3.05, 3.63) is 41.4 Å². The Morgan fingerprint density at radius 1 is 1.24 bits per heavy atom. The number of nitrogens with one attached hydrogen (secondary N) is 1. The fraction of sp³-hybridized carbons (Fsp3) is 0.333. The SMILES string of the molecule is CCOC(=O)c1c(C)oc(NC(=O)CSc2nnc(-c3ccncc3)n2C2CC2)c1C(N)=O. The number of amides is 2. The van der Waals surface area contributed by atoms with E-state index in [-0.39, 0.29) is 41.2 Å². The second-order valence-corrected chi connectivity index (χ2v) is 8.24. The third-order valence-corrected chi connectivity index (χ3v) is 5.85. The van der Waals surface area contributed by atoms with E-state index in [2.05, 4.69) is 20.5 Å². The molecule has 2 amide bonds. The molecular formula is C21H22N6O5S. The molecule has 1 aliphatic carbocycles. The average molecular weight is 471 g/mol. The first-order valence-corrected chi connectivity index (χ1v) is 11.3. The smallest absolute Gasteiger partial charge is 0.342 e. The highest BCUT2D eigenvalue weighted by Gasteiger charge is 2.31. The maximum absolute atomic E-state index is 12.6. The number of hydrogen-bond donors (Lipinski definition) is 2. The van der Waals surface area contributed by atoms with Crippen LogP contribution in [0.2, 0.25) is 0 Å². The molecule has 0 atom stereocenters. The molecule has 0 spiro atoms. The number of pyridine rings is 1. The molecule has 0 unspecified atom stereocenters. The van der Waals surface area contributed by atoms with Gasteiger partial charge in [-0.15, -0.1) is 10.2 Å². The van der Waals surface area contributed by atoms with Gasteiger partial charge in [0.25, 0.3) is 5.91 Å². The standard InChI is InChI=1S/C21H22N6O5S/c1-3-31-20(30)15-11(2)32-19(16(15)17(22)29)24-14(28)10-33-21-26-25-18(27(21)13-4-5-13)12-6-8-23-9-7-12/h6-9,13H,3-5,10H2,1-2H3,(H2,22,29)(H,24,28). The van der Waals surface area contributed by atoms with Crippen LogP contribution in [-0.4, -0.2) is 49.9 Å². The van der Waals surface area contributed by atoms with Gasteiger partial charge in [0.2, 0.25) is 11.8 Å². The molecule has 0 saturated heterocycles. The summed E-state index contributed by atoms with van der Waals surface area (Å²) < 4.78 is 12.4. The van der Waals surface area contributed by atoms with Crippen molar-refractivity contribution >= 4 is 35.4 Å². The zero-order chi connectivity index (χ0) is 23.5. The average Bonchev–Trinajstić information content (AvgIpc) is 3.45. The Kier molecular flexibility index (Phi) is 6.45. The molecule has 1 fully saturated rings. The van der Waals surface area contributed by atoms with Gasteiger partial charge in [-0.25, -0.2) is 4.79 Å². The van der Waals surface area contributed by atoms with Crippen LogP contribution in [0, 0.1) is 6.92 Å². The Hall–Kier alpha value is -3.67. The van der Waals surface area contributed by atoms with Gasteiger partial charge in [0.1, 0.15) is 16.9 Å². The summed E-state index contributed by atoms with van der Waals surface area (Å²) in [6.07, 6.45) is 5.40. The van der Waals surface area contributed by atoms with Crippen LogP contribution in [0.3, 0.4) is 0 Å². The lowest BCUT2D eigenvalue weighted by molar-refractivity contribution is -0.113. The summed E-state index contributed by atoms with van der Waals surface area (Å²) in [5.74, 6) is -1.47. The minimum Gasteiger partial charge on any atom is -0.462 e. The molecule has 0 bridgehead atoms. The quantitative estimate of drug-likeness (QED) is 0.354. The maximum Gasteiger partial charge on any atom is 0.342 e. The van der Waals surface area contributed by atoms with E-state index in [0.717, 1.165) is 24.2 Å². The lowest BCUT2D eigenvalue weighted by Gasteiger charge is -2.09. The highest BCUT2D eigenvalue weighted by Crippen LogP contribution is 2.41. The van der Waals surface area contributed by atoms with E-state index in [4.69, 9.17) is 14.9 Å². The highest BCUT2D eigenvalue weighted by atomic mass is 32.2. The number of aryl methyl sites for hydroxylation is 1. The van der Waals surface area contributed by atoms with Gasteiger partial charge in [-0.05, 0) is 38.8 Å². The first kappa shape index (κ1) is 22.5. The first-order chi connectivity index (χ1) is 15.9. The number of carbonyl (C=O) groups excluding carboxylic acids is 3. The number of nitrogens with two attached hydrogens (primary N) is 1. The van der Waals surface area contributed by atoms with Crippen molar-refractivity contribution in [2.45, 2.75) is 37.9 Å². The van der Waals surface area contributed by atoms with E-state index < -0.39 is 17.8 Å². The van der Waals surface area contributed by atoms with E-state index in [1.54, 1.807) is 19.3 Å². The Balaban J connectivity index is 1.50. The lowest BCUT2D eigenvalue weighted by Crippen LogP contribution is -2.21. The third kappa shape index (κ3) is 4.75. The summed E-state index contributed by atoms with van der Waals surface area (Å²) in [7, 11) is 0. The molecule has 0 aromatic carbocycles. The van der Waals surface area contributed by atoms with Gasteiger partial charge in [0, 0.05) is 24.0 Å². The normalized spacial score (nSPS) is 13.0. The van der Waals surface area contributed by atoms with Crippen LogP contribution in [0.25, 0.3) is 11.4 Å². The fourth-order valence-corrected chi connectivity index (χ4v) is 4.15. The van der Waals surface area contributed by atoms with E-state index in [9.17, 15) is 14.4 Å². The molecule has 12 heteroatoms. The van der Waals surface area contributed by atoms with Crippen molar-refractivity contribution in [3.8, 4) is 11.4 Å². The van der Waals surface area contributed by atoms with Crippen LogP contribution >= 0.6 is 11.8 Å². The Bertz CT molecular complexity index is 1200. The Morgan fingerprint density at radius 3 is 2.61 bits per heavy atom. The zero-order valence-corrected chi connectivity index (χ0v) is 18.8. The molecular weight excluding hydrogens is 448 g/mol. The number of thioether (sulfide) groups is 1. The number of ether oxygens (including phenoxy) is 1. The van der Waals surface area contributed by atoms with E-state index in [1.807, 2.05) is 16.7 Å². The van der Waals surface area contributed by atoms with Gasteiger partial charge in [0.15, 0.2) is 11.0 Å². The van der Waals surface area contributed by atoms with Crippen molar-refractivity contribution in [2.75, 3.05) is 17.7 Å². The summed E-state index contributed by atoms with van der Waals surface area (Å²) in [5.41, 5.74) is 6.01. The van der Waals surface area contributed by atoms with E-state index in [1.165, 1.54) is 18.7 Å².